The number of nitrogens with one attached hydrogen (secondary N) is 1. The number of hydrogen-bond acceptors (Lipinski definition) is 6. The van der Waals surface area contributed by atoms with Crippen LogP contribution in [0.1, 0.15) is 26.7 Å². The first-order valence-electron chi connectivity index (χ1n) is 6.69. The molecule has 0 aliphatic heterocycles. The van der Waals surface area contributed by atoms with Gasteiger partial charge in [0, 0.05) is 30.4 Å². The summed E-state index contributed by atoms with van der Waals surface area (Å²) in [6.45, 7) is 7.39. The van der Waals surface area contributed by atoms with Crippen LogP contribution in [0.5, 0.6) is 0 Å². The van der Waals surface area contributed by atoms with Crippen molar-refractivity contribution in [3.05, 3.63) is 23.6 Å². The van der Waals surface area contributed by atoms with E-state index in [2.05, 4.69) is 26.3 Å². The fourth-order valence-electron chi connectivity index (χ4n) is 1.53. The van der Waals surface area contributed by atoms with Crippen LogP contribution in [-0.4, -0.2) is 39.8 Å². The van der Waals surface area contributed by atoms with Gasteiger partial charge < -0.3 is 10.6 Å². The minimum atomic E-state index is -3.15. The third-order valence-corrected chi connectivity index (χ3v) is 3.26. The van der Waals surface area contributed by atoms with Gasteiger partial charge in [-0.3, -0.25) is 4.99 Å². The molecule has 22 heavy (non-hydrogen) atoms. The van der Waals surface area contributed by atoms with Crippen LogP contribution in [0, 0.1) is 0 Å². The molecule has 1 atom stereocenters. The lowest BCUT2D eigenvalue weighted by Crippen LogP contribution is -2.23. The third kappa shape index (κ3) is 11.0. The summed E-state index contributed by atoms with van der Waals surface area (Å²) in [7, 11) is -3.15. The summed E-state index contributed by atoms with van der Waals surface area (Å²) >= 11 is 0. The van der Waals surface area contributed by atoms with Gasteiger partial charge in [0.1, 0.15) is 11.6 Å². The Morgan fingerprint density at radius 1 is 1.45 bits per heavy atom. The van der Waals surface area contributed by atoms with E-state index in [0.29, 0.717) is 36.7 Å². The third-order valence-electron chi connectivity index (χ3n) is 2.53. The lowest BCUT2D eigenvalue weighted by molar-refractivity contribution is 0.222. The van der Waals surface area contributed by atoms with Crippen molar-refractivity contribution in [3.63, 3.8) is 0 Å². The highest BCUT2D eigenvalue weighted by Crippen LogP contribution is 2.04. The molecular formula is C13H25N5O3S. The Morgan fingerprint density at radius 3 is 2.59 bits per heavy atom. The van der Waals surface area contributed by atoms with Crippen LogP contribution >= 0.6 is 0 Å². The number of aliphatic imine (C=N–C) groups is 2. The standard InChI is InChI=1S/C13H25N5O3S/c1-10(6-5-7-17-22(4,19)20)18-13(16-3)9-12(14)8-11(2)21-15/h8-10,17H,3,5-7,14-15H2,1-2,4H3/b11-8+,12-9?,18-13?. The molecule has 0 saturated carbocycles. The molecule has 0 radical (unpaired) electrons. The lowest BCUT2D eigenvalue weighted by Gasteiger charge is -2.07. The van der Waals surface area contributed by atoms with Crippen LogP contribution in [0.2, 0.25) is 0 Å². The summed E-state index contributed by atoms with van der Waals surface area (Å²) in [6.07, 6.45) is 5.60. The van der Waals surface area contributed by atoms with E-state index in [-0.39, 0.29) is 6.04 Å². The highest BCUT2D eigenvalue weighted by Gasteiger charge is 2.04. The van der Waals surface area contributed by atoms with E-state index in [1.54, 1.807) is 19.1 Å². The van der Waals surface area contributed by atoms with Gasteiger partial charge in [-0.1, -0.05) is 0 Å². The van der Waals surface area contributed by atoms with Crippen LogP contribution in [0.15, 0.2) is 33.6 Å². The predicted octanol–water partition coefficient (Wildman–Crippen LogP) is 0.440. The van der Waals surface area contributed by atoms with Crippen LogP contribution in [0.3, 0.4) is 0 Å². The number of nitrogens with zero attached hydrogens (tertiary/aromatic N) is 2. The normalized spacial score (nSPS) is 15.5. The van der Waals surface area contributed by atoms with Gasteiger partial charge in [-0.25, -0.2) is 18.1 Å². The number of hydrogen-bond donors (Lipinski definition) is 3. The van der Waals surface area contributed by atoms with Crippen LogP contribution in [-0.2, 0) is 14.9 Å². The number of sulfonamides is 1. The molecule has 0 rings (SSSR count). The SMILES string of the molecule is C=NC(C=C(N)/C=C(\C)ON)=NC(C)CCCNS(C)(=O)=O. The summed E-state index contributed by atoms with van der Waals surface area (Å²) in [5, 5.41) is 0. The number of rotatable bonds is 9. The van der Waals surface area contributed by atoms with Gasteiger partial charge in [-0.2, -0.15) is 5.90 Å². The monoisotopic (exact) mass is 331 g/mol. The minimum Gasteiger partial charge on any atom is -0.416 e. The number of amidine groups is 1. The first kappa shape index (κ1) is 20.3. The molecule has 0 bridgehead atoms. The molecule has 0 aliphatic rings. The zero-order chi connectivity index (χ0) is 17.2. The molecule has 0 spiro atoms. The van der Waals surface area contributed by atoms with E-state index in [1.165, 1.54) is 0 Å². The van der Waals surface area contributed by atoms with Crippen molar-refractivity contribution < 1.29 is 13.3 Å². The second-order valence-corrected chi connectivity index (χ2v) is 6.65. The Kier molecular flexibility index (Phi) is 9.31. The molecule has 8 nitrogen and oxygen atoms in total. The summed E-state index contributed by atoms with van der Waals surface area (Å²) in [4.78, 5) is 12.7. The Labute approximate surface area is 132 Å². The fourth-order valence-corrected chi connectivity index (χ4v) is 2.04. The van der Waals surface area contributed by atoms with Crippen molar-refractivity contribution >= 4 is 22.6 Å². The van der Waals surface area contributed by atoms with Gasteiger partial charge in [0.2, 0.25) is 10.0 Å². The zero-order valence-corrected chi connectivity index (χ0v) is 14.1. The smallest absolute Gasteiger partial charge is 0.208 e. The van der Waals surface area contributed by atoms with Crippen molar-refractivity contribution in [2.45, 2.75) is 32.7 Å². The molecule has 126 valence electrons. The Balaban J connectivity index is 4.57. The van der Waals surface area contributed by atoms with Crippen molar-refractivity contribution in [1.29, 1.82) is 0 Å². The minimum absolute atomic E-state index is 0.0401. The maximum atomic E-state index is 10.9. The van der Waals surface area contributed by atoms with Gasteiger partial charge in [0.15, 0.2) is 0 Å². The molecule has 0 amide bonds. The van der Waals surface area contributed by atoms with E-state index < -0.39 is 10.0 Å². The molecule has 0 aromatic rings. The fraction of sp³-hybridized carbons (Fsp3) is 0.538. The molecule has 1 unspecified atom stereocenters. The highest BCUT2D eigenvalue weighted by molar-refractivity contribution is 7.88. The zero-order valence-electron chi connectivity index (χ0n) is 13.2. The van der Waals surface area contributed by atoms with Crippen LogP contribution in [0.4, 0.5) is 0 Å². The average molecular weight is 331 g/mol. The van der Waals surface area contributed by atoms with E-state index in [9.17, 15) is 8.42 Å². The van der Waals surface area contributed by atoms with Gasteiger partial charge in [0.25, 0.3) is 0 Å². The first-order chi connectivity index (χ1) is 10.2. The molecule has 0 aromatic heterocycles. The van der Waals surface area contributed by atoms with Crippen molar-refractivity contribution in [1.82, 2.24) is 4.72 Å². The highest BCUT2D eigenvalue weighted by atomic mass is 32.2. The first-order valence-corrected chi connectivity index (χ1v) is 8.58. The maximum Gasteiger partial charge on any atom is 0.208 e. The molecule has 0 fully saturated rings. The molecular weight excluding hydrogens is 306 g/mol. The average Bonchev–Trinajstić information content (AvgIpc) is 2.41. The van der Waals surface area contributed by atoms with E-state index in [1.807, 2.05) is 6.92 Å². The molecule has 9 heteroatoms. The van der Waals surface area contributed by atoms with Gasteiger partial charge in [0.05, 0.1) is 6.26 Å². The van der Waals surface area contributed by atoms with E-state index >= 15 is 0 Å². The number of allylic oxidation sites excluding steroid dienone is 2. The van der Waals surface area contributed by atoms with Gasteiger partial charge in [-0.05, 0) is 33.4 Å². The molecule has 0 aliphatic carbocycles. The Morgan fingerprint density at radius 2 is 2.09 bits per heavy atom. The second-order valence-electron chi connectivity index (χ2n) is 4.82. The van der Waals surface area contributed by atoms with E-state index in [0.717, 1.165) is 6.26 Å². The Hall–Kier alpha value is -1.71. The second kappa shape index (κ2) is 10.1. The van der Waals surface area contributed by atoms with Crippen molar-refractivity contribution in [3.8, 4) is 0 Å². The molecule has 0 saturated heterocycles. The van der Waals surface area contributed by atoms with Gasteiger partial charge in [-0.15, -0.1) is 0 Å². The van der Waals surface area contributed by atoms with Crippen molar-refractivity contribution in [2.24, 2.45) is 21.6 Å². The van der Waals surface area contributed by atoms with Crippen LogP contribution < -0.4 is 16.4 Å². The largest absolute Gasteiger partial charge is 0.416 e. The topological polar surface area (TPSA) is 132 Å². The number of nitrogens with two attached hydrogens (primary N) is 2. The predicted molar refractivity (Wildman–Crippen MR) is 89.8 cm³/mol. The maximum absolute atomic E-state index is 10.9. The van der Waals surface area contributed by atoms with E-state index in [4.69, 9.17) is 11.6 Å². The summed E-state index contributed by atoms with van der Waals surface area (Å²) in [5.74, 6) is 5.84. The molecule has 5 N–H and O–H groups in total. The molecule has 0 aromatic carbocycles. The summed E-state index contributed by atoms with van der Waals surface area (Å²) in [6, 6.07) is -0.0401. The Bertz CT molecular complexity index is 552. The molecule has 0 heterocycles. The van der Waals surface area contributed by atoms with Crippen molar-refractivity contribution in [2.75, 3.05) is 12.8 Å². The summed E-state index contributed by atoms with van der Waals surface area (Å²) in [5.41, 5.74) is 6.16. The van der Waals surface area contributed by atoms with Crippen LogP contribution in [0.25, 0.3) is 0 Å². The summed E-state index contributed by atoms with van der Waals surface area (Å²) < 4.78 is 24.3. The van der Waals surface area contributed by atoms with Gasteiger partial charge >= 0.3 is 0 Å². The lowest BCUT2D eigenvalue weighted by atomic mass is 10.2. The quantitative estimate of drug-likeness (QED) is 0.141.